The van der Waals surface area contributed by atoms with Crippen molar-refractivity contribution in [2.45, 2.75) is 32.2 Å². The molecule has 2 N–H and O–H groups in total. The molecule has 30 heavy (non-hydrogen) atoms. The van der Waals surface area contributed by atoms with E-state index in [-0.39, 0.29) is 16.4 Å². The van der Waals surface area contributed by atoms with Crippen molar-refractivity contribution in [2.24, 2.45) is 0 Å². The van der Waals surface area contributed by atoms with Gasteiger partial charge in [-0.3, -0.25) is 9.52 Å². The van der Waals surface area contributed by atoms with E-state index in [1.807, 2.05) is 32.0 Å². The number of halogens is 1. The van der Waals surface area contributed by atoms with Crippen molar-refractivity contribution in [2.75, 3.05) is 4.72 Å². The summed E-state index contributed by atoms with van der Waals surface area (Å²) in [4.78, 5) is 12.6. The molecule has 0 bridgehead atoms. The van der Waals surface area contributed by atoms with E-state index in [0.717, 1.165) is 16.7 Å². The molecule has 0 saturated heterocycles. The van der Waals surface area contributed by atoms with Crippen LogP contribution in [0, 0.1) is 20.8 Å². The van der Waals surface area contributed by atoms with E-state index in [2.05, 4.69) is 10.0 Å². The summed E-state index contributed by atoms with van der Waals surface area (Å²) in [5, 5.41) is 3.42. The van der Waals surface area contributed by atoms with Crippen LogP contribution in [0.5, 0.6) is 0 Å². The first-order valence-corrected chi connectivity index (χ1v) is 11.2. The summed E-state index contributed by atoms with van der Waals surface area (Å²) in [7, 11) is -3.85. The van der Waals surface area contributed by atoms with Crippen LogP contribution in [0.2, 0.25) is 5.02 Å². The number of amides is 1. The van der Waals surface area contributed by atoms with Crippen molar-refractivity contribution < 1.29 is 13.2 Å². The molecule has 0 aliphatic carbocycles. The van der Waals surface area contributed by atoms with Crippen LogP contribution < -0.4 is 10.0 Å². The highest BCUT2D eigenvalue weighted by molar-refractivity contribution is 7.92. The Balaban J connectivity index is 1.81. The average Bonchev–Trinajstić information content (AvgIpc) is 2.66. The van der Waals surface area contributed by atoms with Gasteiger partial charge in [-0.1, -0.05) is 35.9 Å². The Morgan fingerprint density at radius 3 is 2.17 bits per heavy atom. The lowest BCUT2D eigenvalue weighted by atomic mass is 10.1. The first-order valence-electron chi connectivity index (χ1n) is 9.38. The fraction of sp³-hybridized carbons (Fsp3) is 0.174. The summed E-state index contributed by atoms with van der Waals surface area (Å²) < 4.78 is 28.6. The van der Waals surface area contributed by atoms with E-state index in [0.29, 0.717) is 22.8 Å². The Kier molecular flexibility index (Phi) is 6.48. The van der Waals surface area contributed by atoms with Gasteiger partial charge in [0.15, 0.2) is 0 Å². The number of aryl methyl sites for hydroxylation is 3. The van der Waals surface area contributed by atoms with Gasteiger partial charge in [0.05, 0.1) is 4.90 Å². The van der Waals surface area contributed by atoms with Gasteiger partial charge in [-0.2, -0.15) is 0 Å². The molecule has 0 aliphatic heterocycles. The van der Waals surface area contributed by atoms with Gasteiger partial charge in [0.25, 0.3) is 15.9 Å². The third-order valence-electron chi connectivity index (χ3n) is 4.58. The summed E-state index contributed by atoms with van der Waals surface area (Å²) in [6.45, 7) is 5.82. The van der Waals surface area contributed by atoms with Crippen LogP contribution in [-0.2, 0) is 16.6 Å². The molecule has 5 nitrogen and oxygen atoms in total. The van der Waals surface area contributed by atoms with E-state index >= 15 is 0 Å². The monoisotopic (exact) mass is 442 g/mol. The third-order valence-corrected chi connectivity index (χ3v) is 6.36. The zero-order valence-corrected chi connectivity index (χ0v) is 18.6. The molecule has 0 atom stereocenters. The van der Waals surface area contributed by atoms with Crippen molar-refractivity contribution in [3.63, 3.8) is 0 Å². The number of carbonyl (C=O) groups is 1. The Hall–Kier alpha value is -2.83. The Bertz CT molecular complexity index is 1170. The first kappa shape index (κ1) is 21.9. The van der Waals surface area contributed by atoms with Crippen molar-refractivity contribution >= 4 is 33.2 Å². The minimum atomic E-state index is -3.85. The van der Waals surface area contributed by atoms with Gasteiger partial charge in [-0.05, 0) is 79.4 Å². The normalized spacial score (nSPS) is 11.2. The second kappa shape index (κ2) is 8.90. The third kappa shape index (κ3) is 5.40. The maximum Gasteiger partial charge on any atom is 0.262 e. The van der Waals surface area contributed by atoms with Crippen LogP contribution in [0.1, 0.15) is 32.6 Å². The van der Waals surface area contributed by atoms with Crippen LogP contribution in [0.3, 0.4) is 0 Å². The average molecular weight is 443 g/mol. The number of hydrogen-bond donors (Lipinski definition) is 2. The van der Waals surface area contributed by atoms with Crippen molar-refractivity contribution in [1.29, 1.82) is 0 Å². The fourth-order valence-electron chi connectivity index (χ4n) is 3.16. The van der Waals surface area contributed by atoms with Crippen LogP contribution >= 0.6 is 11.6 Å². The number of sulfonamides is 1. The van der Waals surface area contributed by atoms with E-state index in [1.54, 1.807) is 43.3 Å². The highest BCUT2D eigenvalue weighted by Gasteiger charge is 2.19. The topological polar surface area (TPSA) is 75.3 Å². The molecule has 0 saturated carbocycles. The second-order valence-electron chi connectivity index (χ2n) is 7.27. The minimum absolute atomic E-state index is 0.0702. The molecule has 3 rings (SSSR count). The Labute approximate surface area is 182 Å². The van der Waals surface area contributed by atoms with E-state index in [1.165, 1.54) is 6.07 Å². The van der Waals surface area contributed by atoms with E-state index in [9.17, 15) is 13.2 Å². The van der Waals surface area contributed by atoms with Gasteiger partial charge >= 0.3 is 0 Å². The standard InChI is InChI=1S/C23H23ClN2O3S/c1-15-10-16(2)12-21(11-15)26-30(28,29)22-13-19(7-4-17(22)3)23(27)25-14-18-5-8-20(24)9-6-18/h4-13,26H,14H2,1-3H3,(H,25,27). The van der Waals surface area contributed by atoms with Crippen LogP contribution in [-0.4, -0.2) is 14.3 Å². The molecule has 156 valence electrons. The van der Waals surface area contributed by atoms with Crippen molar-refractivity contribution in [3.8, 4) is 0 Å². The van der Waals surface area contributed by atoms with Crippen LogP contribution in [0.15, 0.2) is 65.6 Å². The zero-order chi connectivity index (χ0) is 21.9. The number of rotatable bonds is 6. The van der Waals surface area contributed by atoms with E-state index < -0.39 is 10.0 Å². The van der Waals surface area contributed by atoms with Crippen molar-refractivity contribution in [1.82, 2.24) is 5.32 Å². The molecule has 0 heterocycles. The van der Waals surface area contributed by atoms with Gasteiger partial charge < -0.3 is 5.32 Å². The molecule has 3 aromatic rings. The first-order chi connectivity index (χ1) is 14.1. The largest absolute Gasteiger partial charge is 0.348 e. The van der Waals surface area contributed by atoms with Crippen LogP contribution in [0.25, 0.3) is 0 Å². The summed E-state index contributed by atoms with van der Waals surface area (Å²) in [5.74, 6) is -0.354. The number of nitrogens with one attached hydrogen (secondary N) is 2. The van der Waals surface area contributed by atoms with Gasteiger partial charge in [-0.15, -0.1) is 0 Å². The predicted molar refractivity (Wildman–Crippen MR) is 121 cm³/mol. The lowest BCUT2D eigenvalue weighted by Crippen LogP contribution is -2.23. The molecule has 1 amide bonds. The lowest BCUT2D eigenvalue weighted by Gasteiger charge is -2.13. The molecule has 7 heteroatoms. The Morgan fingerprint density at radius 2 is 1.53 bits per heavy atom. The minimum Gasteiger partial charge on any atom is -0.348 e. The molecule has 0 fully saturated rings. The highest BCUT2D eigenvalue weighted by atomic mass is 35.5. The zero-order valence-electron chi connectivity index (χ0n) is 17.0. The van der Waals surface area contributed by atoms with Gasteiger partial charge in [0.1, 0.15) is 0 Å². The van der Waals surface area contributed by atoms with E-state index in [4.69, 9.17) is 11.6 Å². The smallest absolute Gasteiger partial charge is 0.262 e. The Morgan fingerprint density at radius 1 is 0.900 bits per heavy atom. The van der Waals surface area contributed by atoms with Gasteiger partial charge in [0.2, 0.25) is 0 Å². The van der Waals surface area contributed by atoms with Gasteiger partial charge in [-0.25, -0.2) is 8.42 Å². The summed E-state index contributed by atoms with van der Waals surface area (Å²) >= 11 is 5.87. The summed E-state index contributed by atoms with van der Waals surface area (Å²) in [6, 6.07) is 17.3. The molecule has 3 aromatic carbocycles. The molecule has 0 aliphatic rings. The summed E-state index contributed by atoms with van der Waals surface area (Å²) in [5.41, 5.74) is 4.13. The van der Waals surface area contributed by atoms with Crippen molar-refractivity contribution in [3.05, 3.63) is 93.5 Å². The summed E-state index contributed by atoms with van der Waals surface area (Å²) in [6.07, 6.45) is 0. The number of carbonyl (C=O) groups excluding carboxylic acids is 1. The molecule has 0 spiro atoms. The molecule has 0 unspecified atom stereocenters. The maximum absolute atomic E-state index is 13.0. The number of benzene rings is 3. The molecular formula is C23H23ClN2O3S. The number of hydrogen-bond acceptors (Lipinski definition) is 3. The maximum atomic E-state index is 13.0. The lowest BCUT2D eigenvalue weighted by molar-refractivity contribution is 0.0950. The quantitative estimate of drug-likeness (QED) is 0.564. The van der Waals surface area contributed by atoms with Crippen LogP contribution in [0.4, 0.5) is 5.69 Å². The highest BCUT2D eigenvalue weighted by Crippen LogP contribution is 2.22. The molecular weight excluding hydrogens is 420 g/mol. The van der Waals surface area contributed by atoms with Gasteiger partial charge in [0, 0.05) is 22.8 Å². The second-order valence-corrected chi connectivity index (χ2v) is 9.36. The number of anilines is 1. The fourth-order valence-corrected chi connectivity index (χ4v) is 4.60. The SMILES string of the molecule is Cc1cc(C)cc(NS(=O)(=O)c2cc(C(=O)NCc3ccc(Cl)cc3)ccc2C)c1. The molecule has 0 aromatic heterocycles. The predicted octanol–water partition coefficient (Wildman–Crippen LogP) is 5.00. The molecule has 0 radical (unpaired) electrons.